The van der Waals surface area contributed by atoms with Crippen LogP contribution in [0.4, 0.5) is 19.0 Å². The van der Waals surface area contributed by atoms with Gasteiger partial charge in [-0.1, -0.05) is 12.8 Å². The van der Waals surface area contributed by atoms with Crippen LogP contribution in [0.2, 0.25) is 0 Å². The first-order chi connectivity index (χ1) is 9.88. The lowest BCUT2D eigenvalue weighted by molar-refractivity contribution is -0.146. The van der Waals surface area contributed by atoms with Gasteiger partial charge in [0.2, 0.25) is 0 Å². The highest BCUT2D eigenvalue weighted by atomic mass is 19.4. The van der Waals surface area contributed by atoms with Gasteiger partial charge >= 0.3 is 6.18 Å². The average molecular weight is 299 g/mol. The number of halogens is 3. The minimum atomic E-state index is -4.57. The van der Waals surface area contributed by atoms with Gasteiger partial charge in [0.1, 0.15) is 0 Å². The summed E-state index contributed by atoms with van der Waals surface area (Å²) in [5.41, 5.74) is 1.63. The molecule has 0 unspecified atom stereocenters. The quantitative estimate of drug-likeness (QED) is 0.925. The summed E-state index contributed by atoms with van der Waals surface area (Å²) >= 11 is 0. The number of anilines is 1. The van der Waals surface area contributed by atoms with Crippen LogP contribution in [0.25, 0.3) is 5.65 Å². The van der Waals surface area contributed by atoms with E-state index in [1.54, 1.807) is 6.92 Å². The van der Waals surface area contributed by atoms with Crippen molar-refractivity contribution in [2.24, 2.45) is 0 Å². The molecule has 21 heavy (non-hydrogen) atoms. The molecule has 0 radical (unpaired) electrons. The Bertz CT molecular complexity index is 670. The van der Waals surface area contributed by atoms with E-state index in [0.29, 0.717) is 11.4 Å². The number of fused-ring (bicyclic) bond motifs is 1. The summed E-state index contributed by atoms with van der Waals surface area (Å²) in [5, 5.41) is 14.2. The van der Waals surface area contributed by atoms with E-state index in [1.807, 2.05) is 6.92 Å². The minimum Gasteiger partial charge on any atom is -0.366 e. The molecule has 0 saturated heterocycles. The van der Waals surface area contributed by atoms with Crippen molar-refractivity contribution < 1.29 is 13.2 Å². The van der Waals surface area contributed by atoms with Gasteiger partial charge < -0.3 is 5.32 Å². The summed E-state index contributed by atoms with van der Waals surface area (Å²) in [6, 6.07) is 0.277. The highest BCUT2D eigenvalue weighted by Crippen LogP contribution is 2.30. The van der Waals surface area contributed by atoms with Crippen LogP contribution < -0.4 is 5.32 Å². The number of aryl methyl sites for hydroxylation is 1. The van der Waals surface area contributed by atoms with Crippen LogP contribution in [0.1, 0.15) is 42.6 Å². The van der Waals surface area contributed by atoms with Crippen molar-refractivity contribution in [3.8, 4) is 0 Å². The number of hydrogen-bond acceptors (Lipinski definition) is 4. The fourth-order valence-electron chi connectivity index (χ4n) is 2.71. The number of nitrogens with one attached hydrogen (secondary N) is 1. The van der Waals surface area contributed by atoms with Crippen molar-refractivity contribution in [2.45, 2.75) is 51.7 Å². The van der Waals surface area contributed by atoms with Crippen molar-refractivity contribution >= 4 is 11.5 Å². The molecule has 1 N–H and O–H groups in total. The first-order valence-electron chi connectivity index (χ1n) is 6.94. The molecular weight excluding hydrogens is 283 g/mol. The van der Waals surface area contributed by atoms with Crippen LogP contribution in [-0.4, -0.2) is 25.9 Å². The molecule has 1 aliphatic carbocycles. The largest absolute Gasteiger partial charge is 0.453 e. The third-order valence-electron chi connectivity index (χ3n) is 4.04. The normalized spacial score (nSPS) is 16.8. The van der Waals surface area contributed by atoms with Crippen LogP contribution in [0.15, 0.2) is 0 Å². The number of hydrogen-bond donors (Lipinski definition) is 1. The smallest absolute Gasteiger partial charge is 0.366 e. The predicted molar refractivity (Wildman–Crippen MR) is 71.1 cm³/mol. The summed E-state index contributed by atoms with van der Waals surface area (Å²) in [6.45, 7) is 3.57. The van der Waals surface area contributed by atoms with Gasteiger partial charge in [-0.2, -0.15) is 17.7 Å². The van der Waals surface area contributed by atoms with Crippen molar-refractivity contribution in [1.29, 1.82) is 0 Å². The molecule has 0 spiro atoms. The maximum atomic E-state index is 12.9. The van der Waals surface area contributed by atoms with Crippen LogP contribution in [0.5, 0.6) is 0 Å². The zero-order chi connectivity index (χ0) is 15.2. The van der Waals surface area contributed by atoms with Gasteiger partial charge in [0.25, 0.3) is 5.82 Å². The van der Waals surface area contributed by atoms with Gasteiger partial charge in [0, 0.05) is 11.6 Å². The minimum absolute atomic E-state index is 0.150. The Morgan fingerprint density at radius 1 is 1.10 bits per heavy atom. The zero-order valence-corrected chi connectivity index (χ0v) is 11.8. The summed E-state index contributed by atoms with van der Waals surface area (Å²) in [4.78, 5) is 0. The van der Waals surface area contributed by atoms with Crippen molar-refractivity contribution in [3.05, 3.63) is 17.0 Å². The third kappa shape index (κ3) is 2.43. The predicted octanol–water partition coefficient (Wildman–Crippen LogP) is 3.11. The van der Waals surface area contributed by atoms with Crippen molar-refractivity contribution in [3.63, 3.8) is 0 Å². The van der Waals surface area contributed by atoms with Crippen molar-refractivity contribution in [2.75, 3.05) is 5.32 Å². The molecule has 5 nitrogen and oxygen atoms in total. The molecule has 8 heteroatoms. The van der Waals surface area contributed by atoms with E-state index >= 15 is 0 Å². The second kappa shape index (κ2) is 4.85. The molecule has 0 amide bonds. The summed E-state index contributed by atoms with van der Waals surface area (Å²) in [7, 11) is 0. The summed E-state index contributed by atoms with van der Waals surface area (Å²) < 4.78 is 39.6. The Kier molecular flexibility index (Phi) is 3.26. The lowest BCUT2D eigenvalue weighted by Gasteiger charge is -2.16. The molecule has 114 valence electrons. The van der Waals surface area contributed by atoms with E-state index in [-0.39, 0.29) is 11.7 Å². The zero-order valence-electron chi connectivity index (χ0n) is 11.8. The molecular formula is C13H16F3N5. The fraction of sp³-hybridized carbons (Fsp3) is 0.615. The molecule has 1 aliphatic rings. The summed E-state index contributed by atoms with van der Waals surface area (Å²) in [5.74, 6) is -0.604. The first-order valence-corrected chi connectivity index (χ1v) is 6.94. The van der Waals surface area contributed by atoms with E-state index in [0.717, 1.165) is 35.8 Å². The molecule has 1 saturated carbocycles. The average Bonchev–Trinajstić information content (AvgIpc) is 3.03. The highest BCUT2D eigenvalue weighted by Gasteiger charge is 2.38. The Hall–Kier alpha value is -1.86. The van der Waals surface area contributed by atoms with Crippen LogP contribution >= 0.6 is 0 Å². The molecule has 0 atom stereocenters. The lowest BCUT2D eigenvalue weighted by atomic mass is 10.1. The monoisotopic (exact) mass is 299 g/mol. The standard InChI is InChI=1S/C13H16F3N5/c1-7-8(2)11-18-19-12(13(14,15)16)21(11)20-10(7)17-9-5-3-4-6-9/h9H,3-6H2,1-2H3,(H,17,20). The van der Waals surface area contributed by atoms with Gasteiger partial charge in [0.05, 0.1) is 0 Å². The van der Waals surface area contributed by atoms with E-state index in [2.05, 4.69) is 20.6 Å². The van der Waals surface area contributed by atoms with E-state index in [1.165, 1.54) is 0 Å². The second-order valence-corrected chi connectivity index (χ2v) is 5.48. The third-order valence-corrected chi connectivity index (χ3v) is 4.04. The molecule has 0 aromatic carbocycles. The number of nitrogens with zero attached hydrogens (tertiary/aromatic N) is 4. The Labute approximate surface area is 119 Å². The number of aromatic nitrogens is 4. The molecule has 0 bridgehead atoms. The van der Waals surface area contributed by atoms with Crippen molar-refractivity contribution in [1.82, 2.24) is 19.8 Å². The van der Waals surface area contributed by atoms with Crippen LogP contribution in [0.3, 0.4) is 0 Å². The molecule has 1 fully saturated rings. The molecule has 3 rings (SSSR count). The maximum Gasteiger partial charge on any atom is 0.453 e. The van der Waals surface area contributed by atoms with Crippen LogP contribution in [0, 0.1) is 13.8 Å². The van der Waals surface area contributed by atoms with E-state index in [4.69, 9.17) is 0 Å². The highest BCUT2D eigenvalue weighted by molar-refractivity contribution is 5.58. The molecule has 2 aromatic rings. The maximum absolute atomic E-state index is 12.9. The molecule has 2 heterocycles. The van der Waals surface area contributed by atoms with Gasteiger partial charge in [-0.25, -0.2) is 0 Å². The van der Waals surface area contributed by atoms with Gasteiger partial charge in [-0.15, -0.1) is 15.3 Å². The van der Waals surface area contributed by atoms with Gasteiger partial charge in [-0.05, 0) is 32.3 Å². The number of alkyl halides is 3. The number of rotatable bonds is 2. The van der Waals surface area contributed by atoms with Gasteiger partial charge in [0.15, 0.2) is 11.5 Å². The SMILES string of the molecule is Cc1c(NC2CCCC2)nn2c(C(F)(F)F)nnc2c1C. The topological polar surface area (TPSA) is 55.1 Å². The lowest BCUT2D eigenvalue weighted by Crippen LogP contribution is -2.19. The Morgan fingerprint density at radius 2 is 1.76 bits per heavy atom. The van der Waals surface area contributed by atoms with E-state index < -0.39 is 12.0 Å². The first kappa shape index (κ1) is 14.1. The summed E-state index contributed by atoms with van der Waals surface area (Å²) in [6.07, 6.45) is -0.255. The van der Waals surface area contributed by atoms with Crippen LogP contribution in [-0.2, 0) is 6.18 Å². The Balaban J connectivity index is 2.09. The molecule has 2 aromatic heterocycles. The second-order valence-electron chi connectivity index (χ2n) is 5.48. The molecule has 0 aliphatic heterocycles. The fourth-order valence-corrected chi connectivity index (χ4v) is 2.71. The van der Waals surface area contributed by atoms with E-state index in [9.17, 15) is 13.2 Å². The van der Waals surface area contributed by atoms with Gasteiger partial charge in [-0.3, -0.25) is 0 Å². The Morgan fingerprint density at radius 3 is 2.38 bits per heavy atom.